The fraction of sp³-hybridized carbons (Fsp3) is 0.647. The summed E-state index contributed by atoms with van der Waals surface area (Å²) >= 11 is 0. The Morgan fingerprint density at radius 3 is 2.75 bits per heavy atom. The van der Waals surface area contributed by atoms with Gasteiger partial charge in [-0.05, 0) is 70.4 Å². The Bertz CT molecular complexity index is 388. The minimum atomic E-state index is 0.491. The summed E-state index contributed by atoms with van der Waals surface area (Å²) in [6, 6.07) is 9.08. The van der Waals surface area contributed by atoms with E-state index in [9.17, 15) is 0 Å². The number of nitrogens with one attached hydrogen (secondary N) is 1. The van der Waals surface area contributed by atoms with Gasteiger partial charge < -0.3 is 10.1 Å². The molecule has 1 aliphatic rings. The van der Waals surface area contributed by atoms with Crippen molar-refractivity contribution in [1.82, 2.24) is 10.2 Å². The van der Waals surface area contributed by atoms with Crippen LogP contribution in [0.2, 0.25) is 0 Å². The van der Waals surface area contributed by atoms with Gasteiger partial charge in [0.25, 0.3) is 0 Å². The maximum absolute atomic E-state index is 5.51. The number of rotatable bonds is 6. The normalized spacial score (nSPS) is 21.6. The molecule has 112 valence electrons. The van der Waals surface area contributed by atoms with Crippen molar-refractivity contribution in [3.63, 3.8) is 0 Å². The third-order valence-corrected chi connectivity index (χ3v) is 4.26. The summed E-state index contributed by atoms with van der Waals surface area (Å²) in [6.45, 7) is 8.62. The van der Waals surface area contributed by atoms with Crippen molar-refractivity contribution in [2.24, 2.45) is 5.92 Å². The Hall–Kier alpha value is -1.06. The van der Waals surface area contributed by atoms with E-state index in [4.69, 9.17) is 4.74 Å². The van der Waals surface area contributed by atoms with Crippen LogP contribution >= 0.6 is 0 Å². The number of likely N-dealkylation sites (tertiary alicyclic amines) is 1. The van der Waals surface area contributed by atoms with Crippen molar-refractivity contribution in [3.05, 3.63) is 29.8 Å². The number of piperidine rings is 1. The molecule has 1 aromatic carbocycles. The minimum absolute atomic E-state index is 0.491. The molecule has 1 heterocycles. The summed E-state index contributed by atoms with van der Waals surface area (Å²) in [5.74, 6) is 1.76. The second-order valence-electron chi connectivity index (χ2n) is 5.74. The number of hydrogen-bond donors (Lipinski definition) is 1. The van der Waals surface area contributed by atoms with Crippen LogP contribution in [-0.2, 0) is 0 Å². The van der Waals surface area contributed by atoms with Crippen LogP contribution in [0.25, 0.3) is 0 Å². The lowest BCUT2D eigenvalue weighted by molar-refractivity contribution is 0.131. The van der Waals surface area contributed by atoms with E-state index in [0.717, 1.165) is 24.8 Å². The first-order chi connectivity index (χ1) is 9.74. The van der Waals surface area contributed by atoms with Crippen LogP contribution in [0.15, 0.2) is 24.3 Å². The lowest BCUT2D eigenvalue weighted by Gasteiger charge is -2.37. The van der Waals surface area contributed by atoms with Gasteiger partial charge in [0.15, 0.2) is 0 Å². The molecule has 1 aliphatic heterocycles. The van der Waals surface area contributed by atoms with Crippen LogP contribution in [-0.4, -0.2) is 38.2 Å². The largest absolute Gasteiger partial charge is 0.494 e. The van der Waals surface area contributed by atoms with E-state index in [0.29, 0.717) is 6.04 Å². The van der Waals surface area contributed by atoms with Gasteiger partial charge in [-0.1, -0.05) is 12.1 Å². The van der Waals surface area contributed by atoms with Gasteiger partial charge >= 0.3 is 0 Å². The topological polar surface area (TPSA) is 24.5 Å². The first-order valence-electron chi connectivity index (χ1n) is 7.86. The molecule has 0 spiro atoms. The molecule has 3 nitrogen and oxygen atoms in total. The SMILES string of the molecule is CCOc1ccc(C(C)N2CCCC(CNC)C2)cc1. The fourth-order valence-corrected chi connectivity index (χ4v) is 3.12. The molecule has 1 N–H and O–H groups in total. The predicted octanol–water partition coefficient (Wildman–Crippen LogP) is 3.08. The molecule has 2 atom stereocenters. The van der Waals surface area contributed by atoms with Gasteiger partial charge in [-0.25, -0.2) is 0 Å². The zero-order valence-corrected chi connectivity index (χ0v) is 13.1. The average Bonchev–Trinajstić information content (AvgIpc) is 2.48. The van der Waals surface area contributed by atoms with E-state index in [1.165, 1.54) is 31.5 Å². The van der Waals surface area contributed by atoms with Crippen molar-refractivity contribution in [2.45, 2.75) is 32.7 Å². The summed E-state index contributed by atoms with van der Waals surface area (Å²) in [6.07, 6.45) is 2.67. The van der Waals surface area contributed by atoms with E-state index in [2.05, 4.69) is 48.5 Å². The molecule has 2 rings (SSSR count). The standard InChI is InChI=1S/C17H28N2O/c1-4-20-17-9-7-16(8-10-17)14(2)19-11-5-6-15(13-19)12-18-3/h7-10,14-15,18H,4-6,11-13H2,1-3H3. The van der Waals surface area contributed by atoms with Gasteiger partial charge in [0.1, 0.15) is 5.75 Å². The van der Waals surface area contributed by atoms with E-state index >= 15 is 0 Å². The van der Waals surface area contributed by atoms with Crippen molar-refractivity contribution in [2.75, 3.05) is 33.3 Å². The van der Waals surface area contributed by atoms with Crippen LogP contribution < -0.4 is 10.1 Å². The number of nitrogens with zero attached hydrogens (tertiary/aromatic N) is 1. The summed E-state index contributed by atoms with van der Waals surface area (Å²) < 4.78 is 5.51. The summed E-state index contributed by atoms with van der Waals surface area (Å²) in [7, 11) is 2.05. The lowest BCUT2D eigenvalue weighted by Crippen LogP contribution is -2.40. The number of hydrogen-bond acceptors (Lipinski definition) is 3. The van der Waals surface area contributed by atoms with Gasteiger partial charge in [0.05, 0.1) is 6.61 Å². The minimum Gasteiger partial charge on any atom is -0.494 e. The van der Waals surface area contributed by atoms with E-state index in [1.807, 2.05) is 6.92 Å². The third kappa shape index (κ3) is 3.97. The molecular formula is C17H28N2O. The summed E-state index contributed by atoms with van der Waals surface area (Å²) in [4.78, 5) is 2.61. The Morgan fingerprint density at radius 1 is 1.35 bits per heavy atom. The first-order valence-corrected chi connectivity index (χ1v) is 7.86. The molecule has 0 saturated carbocycles. The van der Waals surface area contributed by atoms with Crippen LogP contribution in [0.3, 0.4) is 0 Å². The van der Waals surface area contributed by atoms with Crippen LogP contribution in [0.1, 0.15) is 38.3 Å². The molecule has 0 bridgehead atoms. The van der Waals surface area contributed by atoms with Crippen molar-refractivity contribution >= 4 is 0 Å². The fourth-order valence-electron chi connectivity index (χ4n) is 3.12. The van der Waals surface area contributed by atoms with Crippen molar-refractivity contribution in [1.29, 1.82) is 0 Å². The molecule has 3 heteroatoms. The second kappa shape index (κ2) is 7.65. The van der Waals surface area contributed by atoms with Crippen molar-refractivity contribution < 1.29 is 4.74 Å². The highest BCUT2D eigenvalue weighted by atomic mass is 16.5. The average molecular weight is 276 g/mol. The molecule has 0 aromatic heterocycles. The molecule has 0 amide bonds. The van der Waals surface area contributed by atoms with E-state index in [-0.39, 0.29) is 0 Å². The number of ether oxygens (including phenoxy) is 1. The zero-order chi connectivity index (χ0) is 14.4. The first kappa shape index (κ1) is 15.3. The molecule has 1 saturated heterocycles. The van der Waals surface area contributed by atoms with Gasteiger partial charge in [-0.15, -0.1) is 0 Å². The quantitative estimate of drug-likeness (QED) is 0.864. The Kier molecular flexibility index (Phi) is 5.86. The molecule has 1 aromatic rings. The van der Waals surface area contributed by atoms with Crippen LogP contribution in [0, 0.1) is 5.92 Å². The van der Waals surface area contributed by atoms with Gasteiger partial charge in [-0.3, -0.25) is 4.90 Å². The molecule has 2 unspecified atom stereocenters. The van der Waals surface area contributed by atoms with Crippen LogP contribution in [0.5, 0.6) is 5.75 Å². The Morgan fingerprint density at radius 2 is 2.10 bits per heavy atom. The highest BCUT2D eigenvalue weighted by molar-refractivity contribution is 5.29. The van der Waals surface area contributed by atoms with E-state index in [1.54, 1.807) is 0 Å². The Balaban J connectivity index is 1.97. The third-order valence-electron chi connectivity index (χ3n) is 4.26. The maximum atomic E-state index is 5.51. The maximum Gasteiger partial charge on any atom is 0.119 e. The molecule has 0 radical (unpaired) electrons. The zero-order valence-electron chi connectivity index (χ0n) is 13.1. The predicted molar refractivity (Wildman–Crippen MR) is 84.2 cm³/mol. The highest BCUT2D eigenvalue weighted by Gasteiger charge is 2.23. The molecule has 20 heavy (non-hydrogen) atoms. The van der Waals surface area contributed by atoms with Crippen LogP contribution in [0.4, 0.5) is 0 Å². The van der Waals surface area contributed by atoms with E-state index < -0.39 is 0 Å². The van der Waals surface area contributed by atoms with Crippen molar-refractivity contribution in [3.8, 4) is 5.75 Å². The Labute approximate surface area is 123 Å². The smallest absolute Gasteiger partial charge is 0.119 e. The second-order valence-corrected chi connectivity index (χ2v) is 5.74. The summed E-state index contributed by atoms with van der Waals surface area (Å²) in [5, 5.41) is 3.31. The summed E-state index contributed by atoms with van der Waals surface area (Å²) in [5.41, 5.74) is 1.39. The van der Waals surface area contributed by atoms with Gasteiger partial charge in [0.2, 0.25) is 0 Å². The van der Waals surface area contributed by atoms with Gasteiger partial charge in [0, 0.05) is 12.6 Å². The lowest BCUT2D eigenvalue weighted by atomic mass is 9.95. The monoisotopic (exact) mass is 276 g/mol. The highest BCUT2D eigenvalue weighted by Crippen LogP contribution is 2.27. The van der Waals surface area contributed by atoms with Gasteiger partial charge in [-0.2, -0.15) is 0 Å². The molecule has 0 aliphatic carbocycles. The molecule has 1 fully saturated rings. The molecular weight excluding hydrogens is 248 g/mol. The number of benzene rings is 1.